The van der Waals surface area contributed by atoms with Crippen LogP contribution in [0.25, 0.3) is 11.5 Å². The van der Waals surface area contributed by atoms with E-state index in [1.54, 1.807) is 11.8 Å². The van der Waals surface area contributed by atoms with Gasteiger partial charge in [0.2, 0.25) is 11.8 Å². The number of aromatic nitrogens is 2. The Morgan fingerprint density at radius 1 is 0.971 bits per heavy atom. The summed E-state index contributed by atoms with van der Waals surface area (Å²) in [5.74, 6) is 3.62. The van der Waals surface area contributed by atoms with Gasteiger partial charge in [0.25, 0.3) is 0 Å². The van der Waals surface area contributed by atoms with E-state index in [1.807, 2.05) is 30.3 Å². The topological polar surface area (TPSA) is 74.9 Å². The molecule has 0 bridgehead atoms. The van der Waals surface area contributed by atoms with Crippen LogP contribution in [0.4, 0.5) is 5.69 Å². The van der Waals surface area contributed by atoms with Crippen LogP contribution in [0.1, 0.15) is 25.2 Å². The highest BCUT2D eigenvalue weighted by atomic mass is 32.2. The molecule has 34 heavy (non-hydrogen) atoms. The predicted molar refractivity (Wildman–Crippen MR) is 135 cm³/mol. The number of benzene rings is 2. The summed E-state index contributed by atoms with van der Waals surface area (Å²) in [7, 11) is 0. The molecule has 7 nitrogen and oxygen atoms in total. The molecule has 0 amide bonds. The molecular weight excluding hydrogens is 448 g/mol. The smallest absolute Gasteiger partial charge is 0.247 e. The first-order valence-electron chi connectivity index (χ1n) is 12.1. The Labute approximate surface area is 205 Å². The highest BCUT2D eigenvalue weighted by Crippen LogP contribution is 2.28. The van der Waals surface area contributed by atoms with Crippen LogP contribution >= 0.6 is 11.8 Å². The minimum atomic E-state index is -0.112. The number of piperidine rings is 1. The zero-order valence-corrected chi connectivity index (χ0v) is 20.2. The molecule has 1 N–H and O–H groups in total. The lowest BCUT2D eigenvalue weighted by Gasteiger charge is -2.34. The third-order valence-electron chi connectivity index (χ3n) is 6.59. The molecule has 0 radical (unpaired) electrons. The number of ether oxygens (including phenoxy) is 1. The third kappa shape index (κ3) is 5.92. The monoisotopic (exact) mass is 480 g/mol. The van der Waals surface area contributed by atoms with Crippen LogP contribution in [0.3, 0.4) is 0 Å². The summed E-state index contributed by atoms with van der Waals surface area (Å²) in [5.41, 5.74) is 2.18. The van der Waals surface area contributed by atoms with Gasteiger partial charge in [-0.25, -0.2) is 0 Å². The van der Waals surface area contributed by atoms with Gasteiger partial charge in [0.05, 0.1) is 18.5 Å². The van der Waals surface area contributed by atoms with Crippen molar-refractivity contribution in [3.8, 4) is 17.2 Å². The Morgan fingerprint density at radius 2 is 1.76 bits per heavy atom. The molecule has 3 heterocycles. The summed E-state index contributed by atoms with van der Waals surface area (Å²) in [6.45, 7) is 4.78. The zero-order valence-electron chi connectivity index (χ0n) is 19.4. The molecule has 2 aliphatic rings. The second-order valence-electron chi connectivity index (χ2n) is 8.92. The fraction of sp³-hybridized carbons (Fsp3) is 0.462. The van der Waals surface area contributed by atoms with Gasteiger partial charge in [0.1, 0.15) is 5.75 Å². The minimum absolute atomic E-state index is 0.112. The van der Waals surface area contributed by atoms with Gasteiger partial charge in [0, 0.05) is 49.2 Å². The molecule has 0 saturated carbocycles. The number of hydrogen-bond donors (Lipinski definition) is 1. The van der Waals surface area contributed by atoms with Gasteiger partial charge in [-0.15, -0.1) is 22.0 Å². The lowest BCUT2D eigenvalue weighted by Crippen LogP contribution is -2.44. The first-order valence-corrected chi connectivity index (χ1v) is 13.3. The van der Waals surface area contributed by atoms with E-state index in [2.05, 4.69) is 44.3 Å². The number of para-hydroxylation sites is 1. The molecule has 8 heteroatoms. The lowest BCUT2D eigenvalue weighted by molar-refractivity contribution is 0.0653. The fourth-order valence-electron chi connectivity index (χ4n) is 4.66. The average molecular weight is 481 g/mol. The highest BCUT2D eigenvalue weighted by molar-refractivity contribution is 7.98. The Hall–Kier alpha value is -2.55. The predicted octanol–water partition coefficient (Wildman–Crippen LogP) is 4.08. The van der Waals surface area contributed by atoms with Gasteiger partial charge in [0.15, 0.2) is 0 Å². The maximum atomic E-state index is 9.76. The number of aliphatic hydroxyl groups excluding tert-OH is 1. The van der Waals surface area contributed by atoms with Crippen molar-refractivity contribution in [3.05, 3.63) is 60.5 Å². The van der Waals surface area contributed by atoms with Gasteiger partial charge in [-0.3, -0.25) is 4.90 Å². The van der Waals surface area contributed by atoms with E-state index in [1.165, 1.54) is 12.1 Å². The van der Waals surface area contributed by atoms with Gasteiger partial charge >= 0.3 is 0 Å². The molecule has 2 aromatic carbocycles. The van der Waals surface area contributed by atoms with E-state index in [-0.39, 0.29) is 6.10 Å². The summed E-state index contributed by atoms with van der Waals surface area (Å²) in [6, 6.07) is 18.9. The van der Waals surface area contributed by atoms with E-state index in [9.17, 15) is 5.11 Å². The molecular formula is C26H32N4O3S. The fourth-order valence-corrected chi connectivity index (χ4v) is 5.30. The van der Waals surface area contributed by atoms with Crippen LogP contribution in [0.2, 0.25) is 0 Å². The Bertz CT molecular complexity index is 1020. The average Bonchev–Trinajstić information content (AvgIpc) is 3.56. The summed E-state index contributed by atoms with van der Waals surface area (Å²) >= 11 is 1.72. The van der Waals surface area contributed by atoms with Crippen molar-refractivity contribution in [1.82, 2.24) is 15.1 Å². The second-order valence-corrected chi connectivity index (χ2v) is 10.0. The molecule has 1 atom stereocenters. The molecule has 3 aromatic rings. The van der Waals surface area contributed by atoms with Crippen LogP contribution in [0.5, 0.6) is 5.75 Å². The number of anilines is 1. The quantitative estimate of drug-likeness (QED) is 0.459. The molecule has 5 rings (SSSR count). The van der Waals surface area contributed by atoms with Crippen molar-refractivity contribution in [2.24, 2.45) is 0 Å². The van der Waals surface area contributed by atoms with Crippen LogP contribution in [0, 0.1) is 0 Å². The van der Waals surface area contributed by atoms with E-state index < -0.39 is 0 Å². The van der Waals surface area contributed by atoms with E-state index in [0.29, 0.717) is 30.2 Å². The second kappa shape index (κ2) is 11.3. The number of likely N-dealkylation sites (tertiary alicyclic amines) is 1. The third-order valence-corrected chi connectivity index (χ3v) is 7.50. The van der Waals surface area contributed by atoms with Crippen LogP contribution in [-0.4, -0.2) is 70.9 Å². The van der Waals surface area contributed by atoms with E-state index in [4.69, 9.17) is 9.15 Å². The maximum Gasteiger partial charge on any atom is 0.247 e. The molecule has 0 aliphatic carbocycles. The van der Waals surface area contributed by atoms with Crippen LogP contribution < -0.4 is 9.64 Å². The molecule has 2 aliphatic heterocycles. The number of rotatable bonds is 9. The highest BCUT2D eigenvalue weighted by Gasteiger charge is 2.30. The summed E-state index contributed by atoms with van der Waals surface area (Å²) in [5, 5.41) is 18.2. The largest absolute Gasteiger partial charge is 0.493 e. The van der Waals surface area contributed by atoms with E-state index >= 15 is 0 Å². The molecule has 2 fully saturated rings. The van der Waals surface area contributed by atoms with E-state index in [0.717, 1.165) is 56.1 Å². The molecule has 180 valence electrons. The minimum Gasteiger partial charge on any atom is -0.493 e. The van der Waals surface area contributed by atoms with Crippen LogP contribution in [0.15, 0.2) is 59.0 Å². The number of thioether (sulfide) groups is 1. The maximum absolute atomic E-state index is 9.76. The summed E-state index contributed by atoms with van der Waals surface area (Å²) in [6.07, 6.45) is 2.87. The Morgan fingerprint density at radius 3 is 2.56 bits per heavy atom. The zero-order chi connectivity index (χ0) is 23.2. The SMILES string of the molecule is OC1CCN(C2CCN(c3ccc(-c4nnc(CSCCOc5ccccc5)o4)cc3)C2)CC1. The first-order chi connectivity index (χ1) is 16.7. The molecule has 1 aromatic heterocycles. The van der Waals surface area contributed by atoms with Crippen molar-refractivity contribution < 1.29 is 14.3 Å². The summed E-state index contributed by atoms with van der Waals surface area (Å²) in [4.78, 5) is 5.00. The van der Waals surface area contributed by atoms with Crippen molar-refractivity contribution >= 4 is 17.4 Å². The number of hydrogen-bond acceptors (Lipinski definition) is 8. The van der Waals surface area contributed by atoms with Crippen molar-refractivity contribution in [3.63, 3.8) is 0 Å². The Balaban J connectivity index is 1.08. The summed E-state index contributed by atoms with van der Waals surface area (Å²) < 4.78 is 11.6. The number of nitrogens with zero attached hydrogens (tertiary/aromatic N) is 4. The van der Waals surface area contributed by atoms with Crippen molar-refractivity contribution in [2.75, 3.05) is 43.4 Å². The van der Waals surface area contributed by atoms with Gasteiger partial charge in [-0.1, -0.05) is 18.2 Å². The van der Waals surface area contributed by atoms with Crippen LogP contribution in [-0.2, 0) is 5.75 Å². The van der Waals surface area contributed by atoms with Gasteiger partial charge in [-0.2, -0.15) is 0 Å². The number of aliphatic hydroxyl groups is 1. The van der Waals surface area contributed by atoms with Crippen molar-refractivity contribution in [1.29, 1.82) is 0 Å². The first kappa shape index (κ1) is 23.2. The lowest BCUT2D eigenvalue weighted by atomic mass is 10.1. The van der Waals surface area contributed by atoms with Crippen molar-refractivity contribution in [2.45, 2.75) is 37.2 Å². The van der Waals surface area contributed by atoms with Gasteiger partial charge < -0.3 is 19.2 Å². The Kier molecular flexibility index (Phi) is 7.68. The normalized spacial score (nSPS) is 19.6. The van der Waals surface area contributed by atoms with Gasteiger partial charge in [-0.05, 0) is 55.7 Å². The standard InChI is InChI=1S/C26H32N4O3S/c31-23-11-14-29(15-12-23)22-10-13-30(18-22)21-8-6-20(7-9-21)26-28-27-25(33-26)19-34-17-16-32-24-4-2-1-3-5-24/h1-9,22-23,31H,10-19H2. The molecule has 2 saturated heterocycles. The molecule has 0 spiro atoms. The molecule has 1 unspecified atom stereocenters.